The molecule has 2 nitrogen and oxygen atoms in total. The van der Waals surface area contributed by atoms with Crippen LogP contribution in [0.25, 0.3) is 0 Å². The zero-order valence-corrected chi connectivity index (χ0v) is 13.1. The highest BCUT2D eigenvalue weighted by atomic mass is 79.9. The fourth-order valence-corrected chi connectivity index (χ4v) is 3.01. The number of hydrogen-bond donors (Lipinski definition) is 1. The summed E-state index contributed by atoms with van der Waals surface area (Å²) in [7, 11) is 4.26. The molecule has 1 saturated carbocycles. The third-order valence-electron chi connectivity index (χ3n) is 4.06. The van der Waals surface area contributed by atoms with E-state index in [1.807, 2.05) is 12.1 Å². The SMILES string of the molecule is Br.CN(C)CCC1(c2cccc(O)c2)CCCC1. The Labute approximate surface area is 121 Å². The van der Waals surface area contributed by atoms with Crippen LogP contribution in [-0.2, 0) is 5.41 Å². The average molecular weight is 314 g/mol. The maximum absolute atomic E-state index is 9.65. The Morgan fingerprint density at radius 1 is 1.22 bits per heavy atom. The van der Waals surface area contributed by atoms with Gasteiger partial charge >= 0.3 is 0 Å². The number of nitrogens with zero attached hydrogens (tertiary/aromatic N) is 1. The minimum atomic E-state index is 0. The van der Waals surface area contributed by atoms with Crippen LogP contribution in [0.3, 0.4) is 0 Å². The van der Waals surface area contributed by atoms with Gasteiger partial charge in [-0.3, -0.25) is 0 Å². The molecule has 1 aromatic carbocycles. The largest absolute Gasteiger partial charge is 0.508 e. The van der Waals surface area contributed by atoms with E-state index in [4.69, 9.17) is 0 Å². The molecule has 18 heavy (non-hydrogen) atoms. The van der Waals surface area contributed by atoms with Gasteiger partial charge in [0.25, 0.3) is 0 Å². The Bertz CT molecular complexity index is 373. The predicted molar refractivity (Wildman–Crippen MR) is 81.7 cm³/mol. The molecule has 1 aliphatic rings. The van der Waals surface area contributed by atoms with Crippen molar-refractivity contribution in [1.82, 2.24) is 4.90 Å². The van der Waals surface area contributed by atoms with Gasteiger partial charge in [0, 0.05) is 0 Å². The second-order valence-corrected chi connectivity index (χ2v) is 5.59. The zero-order valence-electron chi connectivity index (χ0n) is 11.4. The van der Waals surface area contributed by atoms with Crippen molar-refractivity contribution in [3.05, 3.63) is 29.8 Å². The molecule has 1 aliphatic carbocycles. The maximum Gasteiger partial charge on any atom is 0.115 e. The van der Waals surface area contributed by atoms with Crippen LogP contribution in [-0.4, -0.2) is 30.6 Å². The average Bonchev–Trinajstić information content (AvgIpc) is 2.76. The molecule has 0 radical (unpaired) electrons. The first kappa shape index (κ1) is 15.5. The molecule has 3 heteroatoms. The Kier molecular flexibility index (Phi) is 5.67. The van der Waals surface area contributed by atoms with E-state index >= 15 is 0 Å². The predicted octanol–water partition coefficient (Wildman–Crippen LogP) is 3.73. The lowest BCUT2D eigenvalue weighted by molar-refractivity contribution is 0.314. The summed E-state index contributed by atoms with van der Waals surface area (Å²) in [5, 5.41) is 9.65. The van der Waals surface area contributed by atoms with Crippen molar-refractivity contribution < 1.29 is 5.11 Å². The van der Waals surface area contributed by atoms with Crippen molar-refractivity contribution in [1.29, 1.82) is 0 Å². The molecule has 0 atom stereocenters. The van der Waals surface area contributed by atoms with Crippen LogP contribution >= 0.6 is 17.0 Å². The highest BCUT2D eigenvalue weighted by Gasteiger charge is 2.35. The lowest BCUT2D eigenvalue weighted by atomic mass is 9.76. The molecule has 1 N–H and O–H groups in total. The van der Waals surface area contributed by atoms with Gasteiger partial charge in [0.1, 0.15) is 5.75 Å². The van der Waals surface area contributed by atoms with E-state index in [9.17, 15) is 5.11 Å². The van der Waals surface area contributed by atoms with Gasteiger partial charge in [-0.1, -0.05) is 25.0 Å². The van der Waals surface area contributed by atoms with Crippen molar-refractivity contribution in [2.75, 3.05) is 20.6 Å². The van der Waals surface area contributed by atoms with Gasteiger partial charge in [-0.15, -0.1) is 17.0 Å². The molecule has 0 bridgehead atoms. The van der Waals surface area contributed by atoms with Gasteiger partial charge in [0.05, 0.1) is 0 Å². The summed E-state index contributed by atoms with van der Waals surface area (Å²) in [5.41, 5.74) is 1.64. The van der Waals surface area contributed by atoms with Gasteiger partial charge in [-0.25, -0.2) is 0 Å². The molecule has 2 rings (SSSR count). The molecule has 1 aromatic rings. The molecule has 0 amide bonds. The molecular weight excluding hydrogens is 290 g/mol. The van der Waals surface area contributed by atoms with Crippen LogP contribution in [0, 0.1) is 0 Å². The normalized spacial score (nSPS) is 17.7. The molecule has 0 heterocycles. The molecule has 0 unspecified atom stereocenters. The first-order valence-electron chi connectivity index (χ1n) is 6.57. The smallest absolute Gasteiger partial charge is 0.115 e. The van der Waals surface area contributed by atoms with Crippen LogP contribution in [0.15, 0.2) is 24.3 Å². The number of phenolic OH excluding ortho intramolecular Hbond substituents is 1. The van der Waals surface area contributed by atoms with Crippen molar-refractivity contribution in [2.45, 2.75) is 37.5 Å². The minimum Gasteiger partial charge on any atom is -0.508 e. The third kappa shape index (κ3) is 3.48. The lowest BCUT2D eigenvalue weighted by Gasteiger charge is -2.31. The minimum absolute atomic E-state index is 0. The molecule has 102 valence electrons. The summed E-state index contributed by atoms with van der Waals surface area (Å²) in [5.74, 6) is 0.402. The number of aromatic hydroxyl groups is 1. The Balaban J connectivity index is 0.00000162. The topological polar surface area (TPSA) is 23.5 Å². The summed E-state index contributed by atoms with van der Waals surface area (Å²) in [6.07, 6.45) is 6.38. The van der Waals surface area contributed by atoms with Crippen LogP contribution in [0.5, 0.6) is 5.75 Å². The fraction of sp³-hybridized carbons (Fsp3) is 0.600. The van der Waals surface area contributed by atoms with Gasteiger partial charge in [0.2, 0.25) is 0 Å². The van der Waals surface area contributed by atoms with E-state index in [2.05, 4.69) is 25.1 Å². The molecule has 0 aliphatic heterocycles. The Morgan fingerprint density at radius 2 is 1.89 bits per heavy atom. The fourth-order valence-electron chi connectivity index (χ4n) is 3.01. The van der Waals surface area contributed by atoms with E-state index < -0.39 is 0 Å². The highest BCUT2D eigenvalue weighted by Crippen LogP contribution is 2.44. The number of benzene rings is 1. The van der Waals surface area contributed by atoms with Gasteiger partial charge in [0.15, 0.2) is 0 Å². The highest BCUT2D eigenvalue weighted by molar-refractivity contribution is 8.93. The third-order valence-corrected chi connectivity index (χ3v) is 4.06. The van der Waals surface area contributed by atoms with Crippen LogP contribution in [0.1, 0.15) is 37.7 Å². The van der Waals surface area contributed by atoms with E-state index in [0.29, 0.717) is 11.2 Å². The second-order valence-electron chi connectivity index (χ2n) is 5.59. The van der Waals surface area contributed by atoms with Crippen molar-refractivity contribution >= 4 is 17.0 Å². The second kappa shape index (κ2) is 6.58. The summed E-state index contributed by atoms with van der Waals surface area (Å²) >= 11 is 0. The van der Waals surface area contributed by atoms with Crippen LogP contribution in [0.2, 0.25) is 0 Å². The number of rotatable bonds is 4. The summed E-state index contributed by atoms with van der Waals surface area (Å²) in [4.78, 5) is 2.25. The molecule has 1 fully saturated rings. The quantitative estimate of drug-likeness (QED) is 0.915. The van der Waals surface area contributed by atoms with Gasteiger partial charge in [-0.05, 0) is 63.0 Å². The van der Waals surface area contributed by atoms with Crippen molar-refractivity contribution in [3.8, 4) is 5.75 Å². The number of hydrogen-bond acceptors (Lipinski definition) is 2. The van der Waals surface area contributed by atoms with Gasteiger partial charge in [-0.2, -0.15) is 0 Å². The standard InChI is InChI=1S/C15H23NO.BrH/c1-16(2)11-10-15(8-3-4-9-15)13-6-5-7-14(17)12-13;/h5-7,12,17H,3-4,8-11H2,1-2H3;1H. The van der Waals surface area contributed by atoms with E-state index in [1.165, 1.54) is 37.7 Å². The molecular formula is C15H24BrNO. The van der Waals surface area contributed by atoms with Crippen molar-refractivity contribution in [3.63, 3.8) is 0 Å². The maximum atomic E-state index is 9.65. The zero-order chi connectivity index (χ0) is 12.3. The first-order valence-corrected chi connectivity index (χ1v) is 6.57. The molecule has 0 aromatic heterocycles. The number of halogens is 1. The van der Waals surface area contributed by atoms with Crippen LogP contribution < -0.4 is 0 Å². The Hall–Kier alpha value is -0.540. The summed E-state index contributed by atoms with van der Waals surface area (Å²) < 4.78 is 0. The van der Waals surface area contributed by atoms with Gasteiger partial charge < -0.3 is 10.0 Å². The van der Waals surface area contributed by atoms with E-state index in [0.717, 1.165) is 6.54 Å². The Morgan fingerprint density at radius 3 is 2.44 bits per heavy atom. The van der Waals surface area contributed by atoms with Crippen molar-refractivity contribution in [2.24, 2.45) is 0 Å². The molecule has 0 spiro atoms. The van der Waals surface area contributed by atoms with E-state index in [-0.39, 0.29) is 17.0 Å². The number of phenols is 1. The molecule has 0 saturated heterocycles. The summed E-state index contributed by atoms with van der Waals surface area (Å²) in [6.45, 7) is 1.12. The van der Waals surface area contributed by atoms with E-state index in [1.54, 1.807) is 6.07 Å². The monoisotopic (exact) mass is 313 g/mol. The summed E-state index contributed by atoms with van der Waals surface area (Å²) in [6, 6.07) is 7.88. The van der Waals surface area contributed by atoms with Crippen LogP contribution in [0.4, 0.5) is 0 Å². The lowest BCUT2D eigenvalue weighted by Crippen LogP contribution is -2.28. The first-order chi connectivity index (χ1) is 8.12.